The van der Waals surface area contributed by atoms with Crippen molar-refractivity contribution >= 4 is 5.97 Å². The molecule has 0 aromatic carbocycles. The summed E-state index contributed by atoms with van der Waals surface area (Å²) in [5, 5.41) is 35.5. The standard InChI is InChI=1S/C6H10O6/c7-1-2-3(8)4(9)5(10)6(11)12-2/h2-5,7-10H,1H2/t2?,3-,4-,5?/m0/s1. The van der Waals surface area contributed by atoms with E-state index in [9.17, 15) is 4.79 Å². The maximum absolute atomic E-state index is 10.7. The van der Waals surface area contributed by atoms with Crippen molar-refractivity contribution in [3.05, 3.63) is 0 Å². The number of carbonyl (C=O) groups is 1. The van der Waals surface area contributed by atoms with Crippen LogP contribution >= 0.6 is 0 Å². The van der Waals surface area contributed by atoms with E-state index in [1.807, 2.05) is 0 Å². The molecule has 1 fully saturated rings. The second-order valence-corrected chi connectivity index (χ2v) is 2.58. The predicted molar refractivity (Wildman–Crippen MR) is 35.0 cm³/mol. The van der Waals surface area contributed by atoms with Crippen molar-refractivity contribution in [1.29, 1.82) is 0 Å². The highest BCUT2D eigenvalue weighted by Gasteiger charge is 2.43. The van der Waals surface area contributed by atoms with E-state index in [1.54, 1.807) is 0 Å². The SMILES string of the molecule is O=C1OC(CO)[C@H](O)[C@H](O)C1O. The van der Waals surface area contributed by atoms with E-state index < -0.39 is 37.0 Å². The Balaban J connectivity index is 2.70. The van der Waals surface area contributed by atoms with Gasteiger partial charge in [0.15, 0.2) is 12.2 Å². The normalized spacial score (nSPS) is 42.5. The molecule has 6 nitrogen and oxygen atoms in total. The Morgan fingerprint density at radius 1 is 1.25 bits per heavy atom. The molecule has 12 heavy (non-hydrogen) atoms. The number of cyclic esters (lactones) is 1. The van der Waals surface area contributed by atoms with Gasteiger partial charge < -0.3 is 25.2 Å². The smallest absolute Gasteiger partial charge is 0.338 e. The van der Waals surface area contributed by atoms with Crippen molar-refractivity contribution in [2.45, 2.75) is 24.4 Å². The van der Waals surface area contributed by atoms with Crippen molar-refractivity contribution in [1.82, 2.24) is 0 Å². The van der Waals surface area contributed by atoms with Gasteiger partial charge in [-0.15, -0.1) is 0 Å². The third-order valence-electron chi connectivity index (χ3n) is 1.74. The molecular weight excluding hydrogens is 168 g/mol. The topological polar surface area (TPSA) is 107 Å². The Morgan fingerprint density at radius 3 is 2.33 bits per heavy atom. The van der Waals surface area contributed by atoms with Crippen LogP contribution in [0.1, 0.15) is 0 Å². The van der Waals surface area contributed by atoms with Gasteiger partial charge in [-0.2, -0.15) is 0 Å². The first-order valence-corrected chi connectivity index (χ1v) is 3.43. The summed E-state index contributed by atoms with van der Waals surface area (Å²) in [6.45, 7) is -0.587. The highest BCUT2D eigenvalue weighted by molar-refractivity contribution is 5.76. The molecule has 4 atom stereocenters. The van der Waals surface area contributed by atoms with Gasteiger partial charge in [-0.3, -0.25) is 0 Å². The Bertz CT molecular complexity index is 179. The van der Waals surface area contributed by atoms with Gasteiger partial charge in [-0.05, 0) is 0 Å². The van der Waals surface area contributed by atoms with Gasteiger partial charge >= 0.3 is 5.97 Å². The number of carbonyl (C=O) groups excluding carboxylic acids is 1. The third kappa shape index (κ3) is 1.42. The van der Waals surface area contributed by atoms with Gasteiger partial charge in [0.1, 0.15) is 12.2 Å². The number of aliphatic hydroxyl groups excluding tert-OH is 4. The van der Waals surface area contributed by atoms with Crippen molar-refractivity contribution in [3.8, 4) is 0 Å². The van der Waals surface area contributed by atoms with Crippen LogP contribution < -0.4 is 0 Å². The third-order valence-corrected chi connectivity index (χ3v) is 1.74. The summed E-state index contributed by atoms with van der Waals surface area (Å²) in [7, 11) is 0. The number of ether oxygens (including phenoxy) is 1. The van der Waals surface area contributed by atoms with Crippen molar-refractivity contribution in [2.75, 3.05) is 6.61 Å². The zero-order valence-corrected chi connectivity index (χ0v) is 6.12. The van der Waals surface area contributed by atoms with Crippen LogP contribution in [-0.4, -0.2) is 57.4 Å². The fourth-order valence-electron chi connectivity index (χ4n) is 0.980. The van der Waals surface area contributed by atoms with E-state index in [1.165, 1.54) is 0 Å². The first-order chi connectivity index (χ1) is 5.57. The van der Waals surface area contributed by atoms with E-state index in [2.05, 4.69) is 4.74 Å². The molecule has 1 saturated heterocycles. The number of rotatable bonds is 1. The summed E-state index contributed by atoms with van der Waals surface area (Å²) in [4.78, 5) is 10.7. The Labute approximate surface area is 68.0 Å². The van der Waals surface area contributed by atoms with Gasteiger partial charge in [0.05, 0.1) is 6.61 Å². The fraction of sp³-hybridized carbons (Fsp3) is 0.833. The molecule has 1 aliphatic heterocycles. The van der Waals surface area contributed by atoms with E-state index >= 15 is 0 Å². The minimum Gasteiger partial charge on any atom is -0.455 e. The summed E-state index contributed by atoms with van der Waals surface area (Å²) in [6, 6.07) is 0. The molecule has 0 amide bonds. The van der Waals surface area contributed by atoms with Gasteiger partial charge in [0.25, 0.3) is 0 Å². The lowest BCUT2D eigenvalue weighted by atomic mass is 10.0. The molecule has 0 spiro atoms. The van der Waals surface area contributed by atoms with Crippen LogP contribution in [0.4, 0.5) is 0 Å². The Kier molecular flexibility index (Phi) is 2.63. The van der Waals surface area contributed by atoms with Gasteiger partial charge in [-0.25, -0.2) is 4.79 Å². The lowest BCUT2D eigenvalue weighted by molar-refractivity contribution is -0.206. The summed E-state index contributed by atoms with van der Waals surface area (Å²) in [6.07, 6.45) is -5.93. The molecule has 0 bridgehead atoms. The summed E-state index contributed by atoms with van der Waals surface area (Å²) >= 11 is 0. The maximum Gasteiger partial charge on any atom is 0.338 e. The molecule has 70 valence electrons. The van der Waals surface area contributed by atoms with Crippen LogP contribution in [0.25, 0.3) is 0 Å². The maximum atomic E-state index is 10.7. The molecule has 0 radical (unpaired) electrons. The number of hydrogen-bond donors (Lipinski definition) is 4. The van der Waals surface area contributed by atoms with Gasteiger partial charge in [-0.1, -0.05) is 0 Å². The zero-order chi connectivity index (χ0) is 9.30. The highest BCUT2D eigenvalue weighted by atomic mass is 16.6. The van der Waals surface area contributed by atoms with Crippen LogP contribution in [0.5, 0.6) is 0 Å². The molecule has 1 aliphatic rings. The molecule has 2 unspecified atom stereocenters. The van der Waals surface area contributed by atoms with Gasteiger partial charge in [0, 0.05) is 0 Å². The van der Waals surface area contributed by atoms with Crippen molar-refractivity contribution < 1.29 is 30.0 Å². The van der Waals surface area contributed by atoms with Crippen LogP contribution in [0.2, 0.25) is 0 Å². The molecule has 0 aliphatic carbocycles. The van der Waals surface area contributed by atoms with E-state index in [-0.39, 0.29) is 0 Å². The largest absolute Gasteiger partial charge is 0.455 e. The quantitative estimate of drug-likeness (QED) is 0.318. The monoisotopic (exact) mass is 178 g/mol. The average molecular weight is 178 g/mol. The predicted octanol–water partition coefficient (Wildman–Crippen LogP) is -3.01. The molecule has 1 heterocycles. The van der Waals surface area contributed by atoms with E-state index in [4.69, 9.17) is 20.4 Å². The zero-order valence-electron chi connectivity index (χ0n) is 6.12. The van der Waals surface area contributed by atoms with Crippen molar-refractivity contribution in [2.24, 2.45) is 0 Å². The summed E-state index contributed by atoms with van der Waals surface area (Å²) in [5.74, 6) is -1.04. The molecule has 1 rings (SSSR count). The molecule has 0 saturated carbocycles. The lowest BCUT2D eigenvalue weighted by Crippen LogP contribution is -2.56. The molecule has 4 N–H and O–H groups in total. The van der Waals surface area contributed by atoms with Crippen LogP contribution in [0.3, 0.4) is 0 Å². The minimum atomic E-state index is -1.73. The van der Waals surface area contributed by atoms with Crippen LogP contribution in [0.15, 0.2) is 0 Å². The molecule has 6 heteroatoms. The van der Waals surface area contributed by atoms with Crippen LogP contribution in [-0.2, 0) is 9.53 Å². The first kappa shape index (κ1) is 9.40. The number of aliphatic hydroxyl groups is 4. The Hall–Kier alpha value is -0.690. The second kappa shape index (κ2) is 3.36. The number of esters is 1. The molecule has 0 aromatic heterocycles. The Morgan fingerprint density at radius 2 is 1.83 bits per heavy atom. The fourth-order valence-corrected chi connectivity index (χ4v) is 0.980. The summed E-state index contributed by atoms with van der Waals surface area (Å²) < 4.78 is 4.38. The number of hydrogen-bond acceptors (Lipinski definition) is 6. The lowest BCUT2D eigenvalue weighted by Gasteiger charge is -2.32. The van der Waals surface area contributed by atoms with E-state index in [0.717, 1.165) is 0 Å². The summed E-state index contributed by atoms with van der Waals surface area (Å²) in [5.41, 5.74) is 0. The second-order valence-electron chi connectivity index (χ2n) is 2.58. The van der Waals surface area contributed by atoms with Crippen molar-refractivity contribution in [3.63, 3.8) is 0 Å². The molecule has 0 aromatic rings. The van der Waals surface area contributed by atoms with Crippen LogP contribution in [0, 0.1) is 0 Å². The van der Waals surface area contributed by atoms with Gasteiger partial charge in [0.2, 0.25) is 0 Å². The first-order valence-electron chi connectivity index (χ1n) is 3.43. The highest BCUT2D eigenvalue weighted by Crippen LogP contribution is 2.15. The average Bonchev–Trinajstić information content (AvgIpc) is 2.08. The van der Waals surface area contributed by atoms with E-state index in [0.29, 0.717) is 0 Å². The minimum absolute atomic E-state index is 0.587. The molecular formula is C6H10O6.